The van der Waals surface area contributed by atoms with Gasteiger partial charge in [0.25, 0.3) is 0 Å². The van der Waals surface area contributed by atoms with Crippen molar-refractivity contribution in [3.63, 3.8) is 0 Å². The number of carbonyl (C=O) groups is 2. The van der Waals surface area contributed by atoms with Gasteiger partial charge in [-0.15, -0.1) is 0 Å². The molecule has 30 heavy (non-hydrogen) atoms. The summed E-state index contributed by atoms with van der Waals surface area (Å²) in [6.45, 7) is 5.56. The second-order valence-corrected chi connectivity index (χ2v) is 8.10. The van der Waals surface area contributed by atoms with Crippen molar-refractivity contribution in [1.29, 1.82) is 0 Å². The fourth-order valence-electron chi connectivity index (χ4n) is 4.26. The first-order valence-corrected chi connectivity index (χ1v) is 10.9. The van der Waals surface area contributed by atoms with Crippen molar-refractivity contribution >= 4 is 23.2 Å². The Morgan fingerprint density at radius 1 is 1.00 bits per heavy atom. The van der Waals surface area contributed by atoms with Crippen LogP contribution >= 0.6 is 0 Å². The van der Waals surface area contributed by atoms with Crippen molar-refractivity contribution in [3.8, 4) is 0 Å². The van der Waals surface area contributed by atoms with E-state index in [1.54, 1.807) is 0 Å². The summed E-state index contributed by atoms with van der Waals surface area (Å²) in [7, 11) is 0. The third-order valence-corrected chi connectivity index (χ3v) is 6.08. The van der Waals surface area contributed by atoms with Crippen LogP contribution in [-0.4, -0.2) is 56.0 Å². The van der Waals surface area contributed by atoms with Gasteiger partial charge in [0.15, 0.2) is 0 Å². The van der Waals surface area contributed by atoms with Crippen LogP contribution in [0, 0.1) is 5.92 Å². The predicted molar refractivity (Wildman–Crippen MR) is 120 cm³/mol. The van der Waals surface area contributed by atoms with E-state index in [2.05, 4.69) is 44.7 Å². The number of carbonyl (C=O) groups excluding carboxylic acids is 2. The number of piperazine rings is 1. The molecule has 1 saturated heterocycles. The number of hydrogen-bond donors (Lipinski definition) is 2. The lowest BCUT2D eigenvalue weighted by Gasteiger charge is -2.36. The van der Waals surface area contributed by atoms with E-state index in [4.69, 9.17) is 0 Å². The zero-order valence-electron chi connectivity index (χ0n) is 17.3. The summed E-state index contributed by atoms with van der Waals surface area (Å²) in [5.74, 6) is -0.0703. The number of rotatable bonds is 7. The Hall–Kier alpha value is -2.86. The Kier molecular flexibility index (Phi) is 6.64. The van der Waals surface area contributed by atoms with Crippen LogP contribution in [0.4, 0.5) is 11.4 Å². The molecule has 2 amide bonds. The van der Waals surface area contributed by atoms with E-state index in [-0.39, 0.29) is 17.7 Å². The van der Waals surface area contributed by atoms with Crippen molar-refractivity contribution in [3.05, 3.63) is 60.2 Å². The van der Waals surface area contributed by atoms with Crippen molar-refractivity contribution in [2.45, 2.75) is 19.3 Å². The molecule has 2 heterocycles. The van der Waals surface area contributed by atoms with Crippen LogP contribution in [0.15, 0.2) is 54.6 Å². The minimum atomic E-state index is -0.128. The van der Waals surface area contributed by atoms with E-state index in [9.17, 15) is 9.59 Å². The van der Waals surface area contributed by atoms with Gasteiger partial charge in [-0.25, -0.2) is 0 Å². The number of nitrogens with one attached hydrogen (secondary N) is 2. The molecule has 1 unspecified atom stereocenters. The Balaban J connectivity index is 1.13. The molecular weight excluding hydrogens is 376 g/mol. The highest BCUT2D eigenvalue weighted by molar-refractivity contribution is 5.96. The van der Waals surface area contributed by atoms with Crippen LogP contribution in [0.5, 0.6) is 0 Å². The summed E-state index contributed by atoms with van der Waals surface area (Å²) in [4.78, 5) is 29.3. The number of nitrogens with zero attached hydrogens (tertiary/aromatic N) is 2. The molecule has 1 atom stereocenters. The third kappa shape index (κ3) is 5.19. The summed E-state index contributed by atoms with van der Waals surface area (Å²) in [6.07, 6.45) is 1.69. The monoisotopic (exact) mass is 406 g/mol. The van der Waals surface area contributed by atoms with Crippen LogP contribution < -0.4 is 15.5 Å². The Morgan fingerprint density at radius 3 is 2.53 bits per heavy atom. The lowest BCUT2D eigenvalue weighted by molar-refractivity contribution is -0.122. The summed E-state index contributed by atoms with van der Waals surface area (Å²) in [5.41, 5.74) is 3.33. The lowest BCUT2D eigenvalue weighted by Crippen LogP contribution is -2.48. The average Bonchev–Trinajstić information content (AvgIpc) is 2.79. The first-order valence-electron chi connectivity index (χ1n) is 10.9. The van der Waals surface area contributed by atoms with Crippen LogP contribution in [0.2, 0.25) is 0 Å². The molecule has 0 spiro atoms. The Labute approximate surface area is 178 Å². The first-order chi connectivity index (χ1) is 14.7. The van der Waals surface area contributed by atoms with Crippen LogP contribution in [0.25, 0.3) is 0 Å². The summed E-state index contributed by atoms with van der Waals surface area (Å²) >= 11 is 0. The van der Waals surface area contributed by atoms with Gasteiger partial charge >= 0.3 is 0 Å². The van der Waals surface area contributed by atoms with Gasteiger partial charge in [0.1, 0.15) is 0 Å². The van der Waals surface area contributed by atoms with Crippen molar-refractivity contribution in [1.82, 2.24) is 10.2 Å². The molecule has 2 N–H and O–H groups in total. The van der Waals surface area contributed by atoms with E-state index >= 15 is 0 Å². The summed E-state index contributed by atoms with van der Waals surface area (Å²) in [5, 5.41) is 5.97. The summed E-state index contributed by atoms with van der Waals surface area (Å²) in [6, 6.07) is 18.4. The van der Waals surface area contributed by atoms with Gasteiger partial charge in [0, 0.05) is 63.0 Å². The topological polar surface area (TPSA) is 64.7 Å². The molecule has 2 aromatic carbocycles. The minimum Gasteiger partial charge on any atom is -0.369 e. The van der Waals surface area contributed by atoms with Gasteiger partial charge < -0.3 is 15.5 Å². The van der Waals surface area contributed by atoms with Gasteiger partial charge in [-0.3, -0.25) is 14.5 Å². The molecule has 4 rings (SSSR count). The van der Waals surface area contributed by atoms with Crippen LogP contribution in [0.3, 0.4) is 0 Å². The first kappa shape index (κ1) is 20.4. The third-order valence-electron chi connectivity index (χ3n) is 6.08. The Morgan fingerprint density at radius 2 is 1.73 bits per heavy atom. The average molecular weight is 407 g/mol. The standard InChI is InChI=1S/C24H30N4O2/c29-23(11-10-20-18-19-6-4-5-9-22(19)26-24(20)30)25-12-13-27-14-16-28(17-15-27)21-7-2-1-3-8-21/h1-9,20H,10-18H2,(H,25,29)(H,26,30). The molecular formula is C24H30N4O2. The van der Waals surface area contributed by atoms with Gasteiger partial charge in [-0.1, -0.05) is 36.4 Å². The van der Waals surface area contributed by atoms with E-state index in [1.165, 1.54) is 5.69 Å². The number of para-hydroxylation sites is 2. The molecule has 2 aromatic rings. The minimum absolute atomic E-state index is 0.0257. The molecule has 158 valence electrons. The molecule has 2 aliphatic rings. The molecule has 6 heteroatoms. The Bertz CT molecular complexity index is 863. The summed E-state index contributed by atoms with van der Waals surface area (Å²) < 4.78 is 0. The molecule has 1 fully saturated rings. The van der Waals surface area contributed by atoms with Crippen LogP contribution in [-0.2, 0) is 16.0 Å². The molecule has 0 bridgehead atoms. The fraction of sp³-hybridized carbons (Fsp3) is 0.417. The van der Waals surface area contributed by atoms with Crippen molar-refractivity contribution < 1.29 is 9.59 Å². The number of benzene rings is 2. The number of anilines is 2. The SMILES string of the molecule is O=C(CCC1Cc2ccccc2NC1=O)NCCN1CCN(c2ccccc2)CC1. The van der Waals surface area contributed by atoms with Gasteiger partial charge in [0.05, 0.1) is 0 Å². The van der Waals surface area contributed by atoms with Crippen LogP contribution in [0.1, 0.15) is 18.4 Å². The number of fused-ring (bicyclic) bond motifs is 1. The largest absolute Gasteiger partial charge is 0.369 e. The highest BCUT2D eigenvalue weighted by Gasteiger charge is 2.26. The maximum atomic E-state index is 12.3. The number of hydrogen-bond acceptors (Lipinski definition) is 4. The zero-order valence-corrected chi connectivity index (χ0v) is 17.3. The fourth-order valence-corrected chi connectivity index (χ4v) is 4.26. The zero-order chi connectivity index (χ0) is 20.8. The molecule has 0 radical (unpaired) electrons. The smallest absolute Gasteiger partial charge is 0.227 e. The lowest BCUT2D eigenvalue weighted by atomic mass is 9.89. The highest BCUT2D eigenvalue weighted by atomic mass is 16.2. The van der Waals surface area contributed by atoms with Gasteiger partial charge in [0.2, 0.25) is 11.8 Å². The second-order valence-electron chi connectivity index (χ2n) is 8.10. The molecule has 0 aliphatic carbocycles. The predicted octanol–water partition coefficient (Wildman–Crippen LogP) is 2.52. The second kappa shape index (κ2) is 9.76. The molecule has 0 aromatic heterocycles. The maximum absolute atomic E-state index is 12.3. The maximum Gasteiger partial charge on any atom is 0.227 e. The quantitative estimate of drug-likeness (QED) is 0.742. The number of amides is 2. The van der Waals surface area contributed by atoms with Gasteiger partial charge in [-0.2, -0.15) is 0 Å². The van der Waals surface area contributed by atoms with E-state index in [0.29, 0.717) is 25.8 Å². The van der Waals surface area contributed by atoms with Crippen molar-refractivity contribution in [2.75, 3.05) is 49.5 Å². The normalized spacial score (nSPS) is 19.1. The van der Waals surface area contributed by atoms with Crippen molar-refractivity contribution in [2.24, 2.45) is 5.92 Å². The highest BCUT2D eigenvalue weighted by Crippen LogP contribution is 2.27. The van der Waals surface area contributed by atoms with E-state index in [1.807, 2.05) is 30.3 Å². The van der Waals surface area contributed by atoms with E-state index in [0.717, 1.165) is 44.0 Å². The van der Waals surface area contributed by atoms with Gasteiger partial charge in [-0.05, 0) is 36.6 Å². The molecule has 6 nitrogen and oxygen atoms in total. The molecule has 0 saturated carbocycles. The molecule has 2 aliphatic heterocycles. The van der Waals surface area contributed by atoms with E-state index < -0.39 is 0 Å².